The van der Waals surface area contributed by atoms with E-state index < -0.39 is 37.1 Å². The predicted octanol–water partition coefficient (Wildman–Crippen LogP) is 1.49. The standard InChI is InChI=1S/C14H24NO6P/c1-8(2)22(19)7-13(20-10(4)17)12(15-9(3)16)6-14(22)21-11(5)18/h8,12-14H,6-7H2,1-5H3,(H,15,16)/t12-,13+,14-,22-/m0/s1. The van der Waals surface area contributed by atoms with Crippen molar-refractivity contribution in [3.63, 3.8) is 0 Å². The Labute approximate surface area is 130 Å². The zero-order chi connectivity index (χ0) is 17.1. The Morgan fingerprint density at radius 2 is 1.64 bits per heavy atom. The van der Waals surface area contributed by atoms with Crippen LogP contribution in [-0.4, -0.2) is 47.7 Å². The van der Waals surface area contributed by atoms with Crippen LogP contribution >= 0.6 is 7.14 Å². The Kier molecular flexibility index (Phi) is 6.17. The minimum Gasteiger partial charge on any atom is -0.460 e. The van der Waals surface area contributed by atoms with Crippen molar-refractivity contribution in [3.05, 3.63) is 0 Å². The van der Waals surface area contributed by atoms with Crippen LogP contribution in [-0.2, 0) is 28.4 Å². The van der Waals surface area contributed by atoms with Crippen LogP contribution in [0.15, 0.2) is 0 Å². The number of rotatable bonds is 4. The van der Waals surface area contributed by atoms with Crippen LogP contribution in [0.2, 0.25) is 0 Å². The minimum atomic E-state index is -2.91. The zero-order valence-electron chi connectivity index (χ0n) is 13.6. The number of ether oxygens (including phenoxy) is 2. The van der Waals surface area contributed by atoms with Crippen LogP contribution in [0.5, 0.6) is 0 Å². The Bertz CT molecular complexity index is 504. The number of hydrogen-bond acceptors (Lipinski definition) is 6. The SMILES string of the molecule is CC(=O)N[C@H]1C[C@@H](OC(C)=O)[P@@](=O)(C(C)C)C[C@H]1OC(C)=O. The number of amides is 1. The first-order valence-corrected chi connectivity index (χ1v) is 9.29. The van der Waals surface area contributed by atoms with E-state index in [-0.39, 0.29) is 24.1 Å². The van der Waals surface area contributed by atoms with Crippen LogP contribution in [0.25, 0.3) is 0 Å². The van der Waals surface area contributed by atoms with Gasteiger partial charge in [0.2, 0.25) is 5.91 Å². The summed E-state index contributed by atoms with van der Waals surface area (Å²) in [4.78, 5) is 33.9. The molecule has 8 heteroatoms. The lowest BCUT2D eigenvalue weighted by Gasteiger charge is -2.41. The first kappa shape index (κ1) is 18.7. The van der Waals surface area contributed by atoms with Gasteiger partial charge in [0.25, 0.3) is 0 Å². The highest BCUT2D eigenvalue weighted by atomic mass is 31.2. The molecule has 1 amide bonds. The first-order valence-electron chi connectivity index (χ1n) is 7.26. The molecule has 7 nitrogen and oxygen atoms in total. The van der Waals surface area contributed by atoms with Gasteiger partial charge in [0, 0.05) is 39.0 Å². The Morgan fingerprint density at radius 1 is 1.09 bits per heavy atom. The molecule has 22 heavy (non-hydrogen) atoms. The third-order valence-corrected chi connectivity index (χ3v) is 7.71. The number of carbonyl (C=O) groups is 3. The molecule has 1 heterocycles. The van der Waals surface area contributed by atoms with Crippen LogP contribution in [0.1, 0.15) is 41.0 Å². The third-order valence-electron chi connectivity index (χ3n) is 3.74. The number of hydrogen-bond donors (Lipinski definition) is 1. The first-order chi connectivity index (χ1) is 10.1. The molecule has 0 spiro atoms. The fraction of sp³-hybridized carbons (Fsp3) is 0.786. The maximum absolute atomic E-state index is 13.2. The van der Waals surface area contributed by atoms with Gasteiger partial charge in [0.1, 0.15) is 13.2 Å². The summed E-state index contributed by atoms with van der Waals surface area (Å²) in [5, 5.41) is 2.69. The van der Waals surface area contributed by atoms with E-state index >= 15 is 0 Å². The largest absolute Gasteiger partial charge is 0.460 e. The maximum atomic E-state index is 13.2. The van der Waals surface area contributed by atoms with E-state index in [9.17, 15) is 18.9 Å². The summed E-state index contributed by atoms with van der Waals surface area (Å²) in [6.45, 7) is 7.46. The summed E-state index contributed by atoms with van der Waals surface area (Å²) >= 11 is 0. The lowest BCUT2D eigenvalue weighted by Crippen LogP contribution is -2.52. The fourth-order valence-corrected chi connectivity index (χ4v) is 5.82. The van der Waals surface area contributed by atoms with Crippen molar-refractivity contribution < 1.29 is 28.4 Å². The van der Waals surface area contributed by atoms with E-state index in [1.165, 1.54) is 20.8 Å². The Balaban J connectivity index is 3.10. The zero-order valence-corrected chi connectivity index (χ0v) is 14.5. The molecule has 1 aliphatic rings. The van der Waals surface area contributed by atoms with Gasteiger partial charge in [-0.25, -0.2) is 0 Å². The number of carbonyl (C=O) groups excluding carboxylic acids is 3. The van der Waals surface area contributed by atoms with Crippen molar-refractivity contribution in [2.75, 3.05) is 6.16 Å². The van der Waals surface area contributed by atoms with Crippen LogP contribution in [0.3, 0.4) is 0 Å². The van der Waals surface area contributed by atoms with Crippen LogP contribution in [0.4, 0.5) is 0 Å². The second-order valence-electron chi connectivity index (χ2n) is 5.89. The molecule has 0 aliphatic carbocycles. The highest BCUT2D eigenvalue weighted by Gasteiger charge is 2.49. The lowest BCUT2D eigenvalue weighted by molar-refractivity contribution is -0.151. The maximum Gasteiger partial charge on any atom is 0.303 e. The monoisotopic (exact) mass is 333 g/mol. The van der Waals surface area contributed by atoms with E-state index in [2.05, 4.69) is 5.32 Å². The molecule has 1 aliphatic heterocycles. The van der Waals surface area contributed by atoms with Crippen molar-refractivity contribution in [2.45, 2.75) is 64.7 Å². The van der Waals surface area contributed by atoms with Crippen molar-refractivity contribution in [1.82, 2.24) is 5.32 Å². The second-order valence-corrected chi connectivity index (χ2v) is 9.57. The van der Waals surface area contributed by atoms with Crippen molar-refractivity contribution in [1.29, 1.82) is 0 Å². The van der Waals surface area contributed by atoms with Crippen LogP contribution < -0.4 is 5.32 Å². The molecule has 0 saturated carbocycles. The molecule has 1 rings (SSSR count). The molecule has 0 aromatic carbocycles. The van der Waals surface area contributed by atoms with Gasteiger partial charge in [-0.05, 0) is 0 Å². The second kappa shape index (κ2) is 7.27. The van der Waals surface area contributed by atoms with Crippen molar-refractivity contribution in [3.8, 4) is 0 Å². The van der Waals surface area contributed by atoms with Gasteiger partial charge in [-0.1, -0.05) is 13.8 Å². The minimum absolute atomic E-state index is 0.0904. The molecule has 1 saturated heterocycles. The van der Waals surface area contributed by atoms with E-state index in [0.717, 1.165) is 0 Å². The van der Waals surface area contributed by atoms with E-state index in [1.54, 1.807) is 13.8 Å². The summed E-state index contributed by atoms with van der Waals surface area (Å²) in [5.74, 6) is -2.07. The van der Waals surface area contributed by atoms with Crippen molar-refractivity contribution in [2.24, 2.45) is 0 Å². The molecule has 0 bridgehead atoms. The summed E-state index contributed by atoms with van der Waals surface area (Å²) in [6.07, 6.45) is -0.416. The van der Waals surface area contributed by atoms with Crippen molar-refractivity contribution >= 4 is 25.0 Å². The molecular formula is C14H24NO6P. The summed E-state index contributed by atoms with van der Waals surface area (Å²) < 4.78 is 23.7. The molecule has 4 atom stereocenters. The smallest absolute Gasteiger partial charge is 0.303 e. The van der Waals surface area contributed by atoms with E-state index in [1.807, 2.05) is 0 Å². The normalized spacial score (nSPS) is 31.5. The molecule has 0 radical (unpaired) electrons. The van der Waals surface area contributed by atoms with Crippen LogP contribution in [0, 0.1) is 0 Å². The van der Waals surface area contributed by atoms with Gasteiger partial charge in [-0.2, -0.15) is 0 Å². The Hall–Kier alpha value is -1.36. The molecule has 0 unspecified atom stereocenters. The quantitative estimate of drug-likeness (QED) is 0.618. The molecular weight excluding hydrogens is 309 g/mol. The average molecular weight is 333 g/mol. The van der Waals surface area contributed by atoms with Gasteiger partial charge in [0.15, 0.2) is 5.85 Å². The van der Waals surface area contributed by atoms with E-state index in [0.29, 0.717) is 0 Å². The number of nitrogens with one attached hydrogen (secondary N) is 1. The molecule has 0 aromatic heterocycles. The average Bonchev–Trinajstić information content (AvgIpc) is 2.32. The highest BCUT2D eigenvalue weighted by molar-refractivity contribution is 7.65. The highest BCUT2D eigenvalue weighted by Crippen LogP contribution is 2.60. The molecule has 1 N–H and O–H groups in total. The van der Waals surface area contributed by atoms with Gasteiger partial charge in [-0.3, -0.25) is 14.4 Å². The van der Waals surface area contributed by atoms with E-state index in [4.69, 9.17) is 9.47 Å². The predicted molar refractivity (Wildman–Crippen MR) is 80.9 cm³/mol. The lowest BCUT2D eigenvalue weighted by atomic mass is 10.1. The molecule has 126 valence electrons. The summed E-state index contributed by atoms with van der Waals surface area (Å²) in [6, 6.07) is -0.522. The third kappa shape index (κ3) is 4.57. The van der Waals surface area contributed by atoms with Gasteiger partial charge in [-0.15, -0.1) is 0 Å². The Morgan fingerprint density at radius 3 is 2.05 bits per heavy atom. The topological polar surface area (TPSA) is 98.8 Å². The molecule has 1 fully saturated rings. The summed E-state index contributed by atoms with van der Waals surface area (Å²) in [7, 11) is -2.91. The molecule has 0 aromatic rings. The summed E-state index contributed by atoms with van der Waals surface area (Å²) in [5.41, 5.74) is -0.215. The number of esters is 2. The van der Waals surface area contributed by atoms with Gasteiger partial charge >= 0.3 is 11.9 Å². The fourth-order valence-electron chi connectivity index (χ4n) is 2.69. The van der Waals surface area contributed by atoms with Gasteiger partial charge < -0.3 is 19.4 Å². The van der Waals surface area contributed by atoms with Gasteiger partial charge in [0.05, 0.1) is 6.04 Å².